The van der Waals surface area contributed by atoms with Gasteiger partial charge in [0.25, 0.3) is 0 Å². The minimum Gasteiger partial charge on any atom is -0.369 e. The number of halogens is 3. The molecule has 2 atom stereocenters. The monoisotopic (exact) mass is 195 g/mol. The van der Waals surface area contributed by atoms with Gasteiger partial charge in [0.15, 0.2) is 0 Å². The van der Waals surface area contributed by atoms with E-state index in [-0.39, 0.29) is 12.8 Å². The Bertz CT molecular complexity index is 202. The van der Waals surface area contributed by atoms with Crippen LogP contribution in [0.2, 0.25) is 0 Å². The molecule has 0 radical (unpaired) electrons. The lowest BCUT2D eigenvalue weighted by Crippen LogP contribution is -2.40. The Morgan fingerprint density at radius 3 is 2.15 bits per heavy atom. The molecule has 2 N–H and O–H groups in total. The molecule has 0 heterocycles. The molecule has 0 aromatic rings. The zero-order valence-electron chi connectivity index (χ0n) is 7.10. The molecule has 0 aromatic heterocycles. The molecule has 0 aromatic carbocycles. The highest BCUT2D eigenvalue weighted by atomic mass is 19.4. The quantitative estimate of drug-likeness (QED) is 0.681. The maximum atomic E-state index is 12.3. The van der Waals surface area contributed by atoms with Gasteiger partial charge in [0.2, 0.25) is 5.91 Å². The molecule has 5 heteroatoms. The smallest absolute Gasteiger partial charge is 0.369 e. The van der Waals surface area contributed by atoms with Crippen molar-refractivity contribution in [2.75, 3.05) is 0 Å². The maximum Gasteiger partial charge on any atom is 0.392 e. The lowest BCUT2D eigenvalue weighted by atomic mass is 9.78. The van der Waals surface area contributed by atoms with E-state index in [0.717, 1.165) is 0 Å². The van der Waals surface area contributed by atoms with E-state index in [1.54, 1.807) is 0 Å². The molecule has 1 rings (SSSR count). The number of hydrogen-bond acceptors (Lipinski definition) is 1. The molecule has 1 amide bonds. The fraction of sp³-hybridized carbons (Fsp3) is 0.875. The first kappa shape index (κ1) is 10.3. The minimum absolute atomic E-state index is 0.0388. The zero-order valence-corrected chi connectivity index (χ0v) is 7.10. The second-order valence-electron chi connectivity index (χ2n) is 3.44. The first-order chi connectivity index (χ1) is 5.93. The largest absolute Gasteiger partial charge is 0.392 e. The summed E-state index contributed by atoms with van der Waals surface area (Å²) in [7, 11) is 0. The summed E-state index contributed by atoms with van der Waals surface area (Å²) in [6, 6.07) is 0. The van der Waals surface area contributed by atoms with Crippen molar-refractivity contribution in [2.45, 2.75) is 31.9 Å². The molecule has 0 unspecified atom stereocenters. The summed E-state index contributed by atoms with van der Waals surface area (Å²) in [6.45, 7) is 0. The van der Waals surface area contributed by atoms with Crippen molar-refractivity contribution in [3.63, 3.8) is 0 Å². The van der Waals surface area contributed by atoms with Crippen LogP contribution in [0.1, 0.15) is 25.7 Å². The normalized spacial score (nSPS) is 30.1. The Morgan fingerprint density at radius 1 is 1.23 bits per heavy atom. The average molecular weight is 195 g/mol. The number of carbonyl (C=O) groups is 1. The van der Waals surface area contributed by atoms with Gasteiger partial charge in [-0.2, -0.15) is 13.2 Å². The number of amides is 1. The van der Waals surface area contributed by atoms with Gasteiger partial charge in [-0.1, -0.05) is 12.8 Å². The van der Waals surface area contributed by atoms with Crippen molar-refractivity contribution in [1.82, 2.24) is 0 Å². The third-order valence-corrected chi connectivity index (χ3v) is 2.55. The molecule has 0 saturated heterocycles. The van der Waals surface area contributed by atoms with Crippen LogP contribution in [0.3, 0.4) is 0 Å². The molecule has 1 saturated carbocycles. The van der Waals surface area contributed by atoms with E-state index >= 15 is 0 Å². The number of alkyl halides is 3. The lowest BCUT2D eigenvalue weighted by molar-refractivity contribution is -0.197. The third kappa shape index (κ3) is 2.35. The molecule has 1 fully saturated rings. The Morgan fingerprint density at radius 2 is 1.77 bits per heavy atom. The maximum absolute atomic E-state index is 12.3. The van der Waals surface area contributed by atoms with E-state index < -0.39 is 23.9 Å². The molecule has 2 nitrogen and oxygen atoms in total. The number of hydrogen-bond donors (Lipinski definition) is 1. The Balaban J connectivity index is 2.73. The van der Waals surface area contributed by atoms with E-state index in [2.05, 4.69) is 0 Å². The second kappa shape index (κ2) is 3.55. The van der Waals surface area contributed by atoms with Gasteiger partial charge in [0.05, 0.1) is 5.92 Å². The highest BCUT2D eigenvalue weighted by molar-refractivity contribution is 5.77. The van der Waals surface area contributed by atoms with E-state index in [4.69, 9.17) is 5.73 Å². The highest BCUT2D eigenvalue weighted by Crippen LogP contribution is 2.41. The first-order valence-corrected chi connectivity index (χ1v) is 4.29. The SMILES string of the molecule is NC(=O)[C@H]1CCCC[C@@H]1C(F)(F)F. The van der Waals surface area contributed by atoms with E-state index in [1.165, 1.54) is 0 Å². The van der Waals surface area contributed by atoms with Crippen molar-refractivity contribution in [2.24, 2.45) is 17.6 Å². The second-order valence-corrected chi connectivity index (χ2v) is 3.44. The van der Waals surface area contributed by atoms with Crippen molar-refractivity contribution in [3.05, 3.63) is 0 Å². The van der Waals surface area contributed by atoms with Gasteiger partial charge in [-0.25, -0.2) is 0 Å². The summed E-state index contributed by atoms with van der Waals surface area (Å²) < 4.78 is 37.0. The zero-order chi connectivity index (χ0) is 10.1. The van der Waals surface area contributed by atoms with Crippen LogP contribution in [-0.4, -0.2) is 12.1 Å². The van der Waals surface area contributed by atoms with Crippen LogP contribution in [0, 0.1) is 11.8 Å². The summed E-state index contributed by atoms with van der Waals surface area (Å²) >= 11 is 0. The van der Waals surface area contributed by atoms with Crippen LogP contribution >= 0.6 is 0 Å². The topological polar surface area (TPSA) is 43.1 Å². The molecule has 0 bridgehead atoms. The van der Waals surface area contributed by atoms with Crippen molar-refractivity contribution < 1.29 is 18.0 Å². The molecular formula is C8H12F3NO. The summed E-state index contributed by atoms with van der Waals surface area (Å²) in [5.41, 5.74) is 4.92. The van der Waals surface area contributed by atoms with E-state index in [9.17, 15) is 18.0 Å². The molecule has 76 valence electrons. The van der Waals surface area contributed by atoms with Crippen LogP contribution in [0.15, 0.2) is 0 Å². The minimum atomic E-state index is -4.28. The summed E-state index contributed by atoms with van der Waals surface area (Å²) in [4.78, 5) is 10.7. The van der Waals surface area contributed by atoms with Gasteiger partial charge < -0.3 is 5.73 Å². The molecular weight excluding hydrogens is 183 g/mol. The lowest BCUT2D eigenvalue weighted by Gasteiger charge is -2.30. The van der Waals surface area contributed by atoms with Crippen LogP contribution < -0.4 is 5.73 Å². The van der Waals surface area contributed by atoms with E-state index in [1.807, 2.05) is 0 Å². The van der Waals surface area contributed by atoms with Gasteiger partial charge in [0.1, 0.15) is 0 Å². The highest BCUT2D eigenvalue weighted by Gasteiger charge is 2.47. The molecule has 13 heavy (non-hydrogen) atoms. The number of rotatable bonds is 1. The molecule has 1 aliphatic carbocycles. The van der Waals surface area contributed by atoms with Crippen LogP contribution in [0.25, 0.3) is 0 Å². The van der Waals surface area contributed by atoms with Gasteiger partial charge >= 0.3 is 6.18 Å². The van der Waals surface area contributed by atoms with E-state index in [0.29, 0.717) is 12.8 Å². The van der Waals surface area contributed by atoms with Gasteiger partial charge in [0, 0.05) is 5.92 Å². The number of carbonyl (C=O) groups excluding carboxylic acids is 1. The Labute approximate surface area is 74.3 Å². The fourth-order valence-corrected chi connectivity index (χ4v) is 1.86. The van der Waals surface area contributed by atoms with Gasteiger partial charge in [-0.15, -0.1) is 0 Å². The summed E-state index contributed by atoms with van der Waals surface area (Å²) in [6.07, 6.45) is -2.76. The summed E-state index contributed by atoms with van der Waals surface area (Å²) in [5, 5.41) is 0. The Hall–Kier alpha value is -0.740. The summed E-state index contributed by atoms with van der Waals surface area (Å²) in [5.74, 6) is -3.34. The first-order valence-electron chi connectivity index (χ1n) is 4.29. The Kier molecular flexibility index (Phi) is 2.83. The van der Waals surface area contributed by atoms with Crippen LogP contribution in [0.4, 0.5) is 13.2 Å². The van der Waals surface area contributed by atoms with Crippen molar-refractivity contribution >= 4 is 5.91 Å². The van der Waals surface area contributed by atoms with Crippen molar-refractivity contribution in [3.8, 4) is 0 Å². The van der Waals surface area contributed by atoms with Gasteiger partial charge in [-0.3, -0.25) is 4.79 Å². The molecule has 0 aliphatic heterocycles. The third-order valence-electron chi connectivity index (χ3n) is 2.55. The standard InChI is InChI=1S/C8H12F3NO/c9-8(10,11)6-4-2-1-3-5(6)7(12)13/h5-6H,1-4H2,(H2,12,13)/t5-,6-/m0/s1. The van der Waals surface area contributed by atoms with Crippen molar-refractivity contribution in [1.29, 1.82) is 0 Å². The van der Waals surface area contributed by atoms with Crippen LogP contribution in [0.5, 0.6) is 0 Å². The van der Waals surface area contributed by atoms with Crippen LogP contribution in [-0.2, 0) is 4.79 Å². The average Bonchev–Trinajstić information content (AvgIpc) is 2.03. The molecule has 0 spiro atoms. The number of nitrogens with two attached hydrogens (primary N) is 1. The predicted molar refractivity (Wildman–Crippen MR) is 40.7 cm³/mol. The predicted octanol–water partition coefficient (Wildman–Crippen LogP) is 1.84. The number of primary amides is 1. The fourth-order valence-electron chi connectivity index (χ4n) is 1.86. The van der Waals surface area contributed by atoms with Gasteiger partial charge in [-0.05, 0) is 12.8 Å². The molecule has 1 aliphatic rings.